The molecule has 0 atom stereocenters. The number of H-pyrrole nitrogens is 1. The van der Waals surface area contributed by atoms with Gasteiger partial charge in [0, 0.05) is 29.8 Å². The van der Waals surface area contributed by atoms with E-state index in [9.17, 15) is 0 Å². The molecule has 0 radical (unpaired) electrons. The molecule has 4 nitrogen and oxygen atoms in total. The molecule has 1 N–H and O–H groups in total. The third-order valence-corrected chi connectivity index (χ3v) is 3.98. The van der Waals surface area contributed by atoms with Crippen LogP contribution in [0.25, 0.3) is 11.5 Å². The first-order chi connectivity index (χ1) is 7.75. The number of hydrogen-bond donors (Lipinski definition) is 1. The Morgan fingerprint density at radius 1 is 1.50 bits per heavy atom. The van der Waals surface area contributed by atoms with Crippen LogP contribution in [0, 0.1) is 4.64 Å². The van der Waals surface area contributed by atoms with Gasteiger partial charge >= 0.3 is 0 Å². The number of imidazole rings is 1. The van der Waals surface area contributed by atoms with E-state index in [1.807, 2.05) is 23.4 Å². The molecule has 0 unspecified atom stereocenters. The lowest BCUT2D eigenvalue weighted by Crippen LogP contribution is -2.00. The first kappa shape index (κ1) is 10.0. The molecule has 1 aliphatic rings. The average molecular weight is 250 g/mol. The van der Waals surface area contributed by atoms with Crippen molar-refractivity contribution < 1.29 is 0 Å². The van der Waals surface area contributed by atoms with E-state index in [1.54, 1.807) is 12.5 Å². The van der Waals surface area contributed by atoms with Crippen LogP contribution in [-0.2, 0) is 18.6 Å². The molecule has 3 rings (SSSR count). The maximum absolute atomic E-state index is 5.31. The fourth-order valence-electron chi connectivity index (χ4n) is 1.78. The summed E-state index contributed by atoms with van der Waals surface area (Å²) in [5.41, 5.74) is 3.36. The van der Waals surface area contributed by atoms with Crippen LogP contribution in [0.4, 0.5) is 0 Å². The van der Waals surface area contributed by atoms with Gasteiger partial charge in [-0.1, -0.05) is 12.2 Å². The predicted octanol–water partition coefficient (Wildman–Crippen LogP) is 2.29. The van der Waals surface area contributed by atoms with Crippen LogP contribution in [0.3, 0.4) is 0 Å². The average Bonchev–Trinajstić information content (AvgIpc) is 2.85. The third-order valence-electron chi connectivity index (χ3n) is 2.66. The molecular formula is C10H10N4S2. The van der Waals surface area contributed by atoms with Crippen LogP contribution in [0.15, 0.2) is 12.5 Å². The SMILES string of the molecule is Cn1cncc1-c1nc(=S)c2c([nH]1)CSC2. The van der Waals surface area contributed by atoms with Crippen LogP contribution >= 0.6 is 24.0 Å². The minimum atomic E-state index is 0.718. The Kier molecular flexibility index (Phi) is 2.33. The van der Waals surface area contributed by atoms with E-state index in [0.717, 1.165) is 27.7 Å². The third kappa shape index (κ3) is 1.49. The van der Waals surface area contributed by atoms with Crippen molar-refractivity contribution in [2.45, 2.75) is 11.5 Å². The van der Waals surface area contributed by atoms with Crippen LogP contribution in [0.1, 0.15) is 11.3 Å². The smallest absolute Gasteiger partial charge is 0.157 e. The fraction of sp³-hybridized carbons (Fsp3) is 0.300. The van der Waals surface area contributed by atoms with E-state index in [-0.39, 0.29) is 0 Å². The van der Waals surface area contributed by atoms with E-state index in [0.29, 0.717) is 0 Å². The van der Waals surface area contributed by atoms with Crippen molar-refractivity contribution in [1.29, 1.82) is 0 Å². The summed E-state index contributed by atoms with van der Waals surface area (Å²) in [6.45, 7) is 0. The second kappa shape index (κ2) is 3.71. The number of aromatic nitrogens is 4. The van der Waals surface area contributed by atoms with Crippen molar-refractivity contribution in [3.8, 4) is 11.5 Å². The molecule has 3 heterocycles. The van der Waals surface area contributed by atoms with Gasteiger partial charge in [-0.2, -0.15) is 11.8 Å². The van der Waals surface area contributed by atoms with Crippen molar-refractivity contribution >= 4 is 24.0 Å². The Morgan fingerprint density at radius 2 is 2.38 bits per heavy atom. The zero-order valence-electron chi connectivity index (χ0n) is 8.73. The maximum Gasteiger partial charge on any atom is 0.157 e. The Hall–Kier alpha value is -1.14. The highest BCUT2D eigenvalue weighted by atomic mass is 32.2. The summed E-state index contributed by atoms with van der Waals surface area (Å²) >= 11 is 7.18. The van der Waals surface area contributed by atoms with E-state index < -0.39 is 0 Å². The monoisotopic (exact) mass is 250 g/mol. The standard InChI is InChI=1S/C10H10N4S2/c1-14-5-11-2-8(14)9-12-7-4-16-3-6(7)10(15)13-9/h2,5H,3-4H2,1H3,(H,12,13,15). The van der Waals surface area contributed by atoms with Crippen LogP contribution in [0.5, 0.6) is 0 Å². The van der Waals surface area contributed by atoms with Gasteiger partial charge in [-0.05, 0) is 0 Å². The lowest BCUT2D eigenvalue weighted by molar-refractivity contribution is 0.902. The molecule has 6 heteroatoms. The number of hydrogen-bond acceptors (Lipinski definition) is 4. The van der Waals surface area contributed by atoms with E-state index in [2.05, 4.69) is 15.0 Å². The second-order valence-electron chi connectivity index (χ2n) is 3.73. The lowest BCUT2D eigenvalue weighted by atomic mass is 10.2. The topological polar surface area (TPSA) is 46.5 Å². The van der Waals surface area contributed by atoms with Gasteiger partial charge in [0.2, 0.25) is 0 Å². The van der Waals surface area contributed by atoms with Crippen LogP contribution in [-0.4, -0.2) is 19.5 Å². The van der Waals surface area contributed by atoms with Gasteiger partial charge in [-0.15, -0.1) is 0 Å². The molecule has 16 heavy (non-hydrogen) atoms. The van der Waals surface area contributed by atoms with Crippen LogP contribution in [0.2, 0.25) is 0 Å². The van der Waals surface area contributed by atoms with Crippen molar-refractivity contribution in [3.63, 3.8) is 0 Å². The fourth-order valence-corrected chi connectivity index (χ4v) is 3.22. The highest BCUT2D eigenvalue weighted by molar-refractivity contribution is 7.98. The van der Waals surface area contributed by atoms with Crippen molar-refractivity contribution in [1.82, 2.24) is 19.5 Å². The highest BCUT2D eigenvalue weighted by Crippen LogP contribution is 2.30. The van der Waals surface area contributed by atoms with Gasteiger partial charge in [0.25, 0.3) is 0 Å². The second-order valence-corrected chi connectivity index (χ2v) is 5.10. The summed E-state index contributed by atoms with van der Waals surface area (Å²) in [5.74, 6) is 2.78. The van der Waals surface area contributed by atoms with Crippen molar-refractivity contribution in [3.05, 3.63) is 28.4 Å². The molecule has 82 valence electrons. The molecule has 0 fully saturated rings. The van der Waals surface area contributed by atoms with E-state index in [4.69, 9.17) is 12.2 Å². The Bertz CT molecular complexity index is 599. The van der Waals surface area contributed by atoms with Gasteiger partial charge in [0.1, 0.15) is 10.3 Å². The molecule has 2 aromatic rings. The summed E-state index contributed by atoms with van der Waals surface area (Å²) in [5, 5.41) is 0. The van der Waals surface area contributed by atoms with Crippen molar-refractivity contribution in [2.75, 3.05) is 0 Å². The van der Waals surface area contributed by atoms with Gasteiger partial charge in [-0.3, -0.25) is 0 Å². The number of fused-ring (bicyclic) bond motifs is 1. The quantitative estimate of drug-likeness (QED) is 0.789. The van der Waals surface area contributed by atoms with Gasteiger partial charge in [0.15, 0.2) is 5.82 Å². The Morgan fingerprint density at radius 3 is 3.12 bits per heavy atom. The lowest BCUT2D eigenvalue weighted by Gasteiger charge is -2.05. The number of aryl methyl sites for hydroxylation is 1. The Labute approximate surface area is 102 Å². The summed E-state index contributed by atoms with van der Waals surface area (Å²) in [7, 11) is 1.95. The normalized spacial score (nSPS) is 14.1. The minimum Gasteiger partial charge on any atom is -0.341 e. The highest BCUT2D eigenvalue weighted by Gasteiger charge is 2.16. The molecule has 0 saturated heterocycles. The molecule has 2 aromatic heterocycles. The molecule has 0 aromatic carbocycles. The summed E-state index contributed by atoms with van der Waals surface area (Å²) < 4.78 is 2.65. The molecule has 0 aliphatic carbocycles. The van der Waals surface area contributed by atoms with E-state index >= 15 is 0 Å². The zero-order valence-corrected chi connectivity index (χ0v) is 10.4. The largest absolute Gasteiger partial charge is 0.341 e. The first-order valence-corrected chi connectivity index (χ1v) is 6.48. The molecule has 0 spiro atoms. The molecule has 1 aliphatic heterocycles. The summed E-state index contributed by atoms with van der Waals surface area (Å²) in [6.07, 6.45) is 3.55. The number of aromatic amines is 1. The Balaban J connectivity index is 2.21. The predicted molar refractivity (Wildman–Crippen MR) is 66.6 cm³/mol. The van der Waals surface area contributed by atoms with Crippen LogP contribution < -0.4 is 0 Å². The number of nitrogens with one attached hydrogen (secondary N) is 1. The molecule has 0 amide bonds. The minimum absolute atomic E-state index is 0.718. The number of thioether (sulfide) groups is 1. The number of nitrogens with zero attached hydrogens (tertiary/aromatic N) is 3. The summed E-state index contributed by atoms with van der Waals surface area (Å²) in [6, 6.07) is 0. The molecule has 0 bridgehead atoms. The number of rotatable bonds is 1. The zero-order chi connectivity index (χ0) is 11.1. The van der Waals surface area contributed by atoms with Gasteiger partial charge < -0.3 is 9.55 Å². The summed E-state index contributed by atoms with van der Waals surface area (Å²) in [4.78, 5) is 11.9. The maximum atomic E-state index is 5.31. The van der Waals surface area contributed by atoms with E-state index in [1.165, 1.54) is 11.3 Å². The molecular weight excluding hydrogens is 240 g/mol. The van der Waals surface area contributed by atoms with Gasteiger partial charge in [0.05, 0.1) is 12.5 Å². The molecule has 0 saturated carbocycles. The first-order valence-electron chi connectivity index (χ1n) is 4.92. The van der Waals surface area contributed by atoms with Crippen molar-refractivity contribution in [2.24, 2.45) is 7.05 Å². The van der Waals surface area contributed by atoms with Gasteiger partial charge in [-0.25, -0.2) is 9.97 Å².